The molecule has 150 valence electrons. The molecule has 2 heterocycles. The fourth-order valence-electron chi connectivity index (χ4n) is 2.88. The lowest BCUT2D eigenvalue weighted by Crippen LogP contribution is -2.45. The minimum absolute atomic E-state index is 0.0712. The maximum absolute atomic E-state index is 12.6. The van der Waals surface area contributed by atoms with Crippen molar-refractivity contribution in [1.82, 2.24) is 14.9 Å². The highest BCUT2D eigenvalue weighted by molar-refractivity contribution is 6.74. The number of aromatic nitrogens is 2. The highest BCUT2D eigenvalue weighted by Gasteiger charge is 2.46. The van der Waals surface area contributed by atoms with Crippen molar-refractivity contribution in [2.45, 2.75) is 62.8 Å². The van der Waals surface area contributed by atoms with E-state index >= 15 is 0 Å². The molecule has 8 heteroatoms. The number of rotatable bonds is 6. The van der Waals surface area contributed by atoms with E-state index in [2.05, 4.69) is 50.4 Å². The molecule has 2 rings (SSSR count). The Morgan fingerprint density at radius 1 is 1.44 bits per heavy atom. The summed E-state index contributed by atoms with van der Waals surface area (Å²) in [5.74, 6) is 0. The van der Waals surface area contributed by atoms with E-state index in [1.807, 2.05) is 0 Å². The number of hydrogen-bond acceptors (Lipinski definition) is 5. The average molecular weight is 412 g/mol. The second-order valence-electron chi connectivity index (χ2n) is 8.39. The van der Waals surface area contributed by atoms with Gasteiger partial charge in [-0.15, -0.1) is 11.6 Å². The van der Waals surface area contributed by atoms with E-state index in [0.717, 1.165) is 5.56 Å². The number of carbonyl (C=O) groups excluding carboxylic acids is 1. The Labute approximate surface area is 168 Å². The standard InChI is InChI=1S/C19H30ClN3O3Si/c1-7-8-25-18(24)23-12-15(26-27(5,6)19(2,3)4)9-16(23)17(20)14-10-21-13-22-11-14/h7,10-11,13,15-17H,1,8-9,12H2,2-6H3/t15-,16+,17?/m1/s1. The molecule has 0 saturated carbocycles. The summed E-state index contributed by atoms with van der Waals surface area (Å²) >= 11 is 6.72. The van der Waals surface area contributed by atoms with E-state index in [9.17, 15) is 4.79 Å². The Bertz CT molecular complexity index is 651. The van der Waals surface area contributed by atoms with Crippen molar-refractivity contribution in [3.63, 3.8) is 0 Å². The van der Waals surface area contributed by atoms with Crippen molar-refractivity contribution in [3.8, 4) is 0 Å². The van der Waals surface area contributed by atoms with Gasteiger partial charge >= 0.3 is 6.09 Å². The number of ether oxygens (including phenoxy) is 1. The molecule has 1 aromatic heterocycles. The van der Waals surface area contributed by atoms with Crippen LogP contribution in [0.2, 0.25) is 18.1 Å². The summed E-state index contributed by atoms with van der Waals surface area (Å²) in [4.78, 5) is 22.3. The normalized spacial score (nSPS) is 21.8. The van der Waals surface area contributed by atoms with Gasteiger partial charge < -0.3 is 14.1 Å². The van der Waals surface area contributed by atoms with E-state index in [1.165, 1.54) is 6.33 Å². The topological polar surface area (TPSA) is 64.5 Å². The van der Waals surface area contributed by atoms with Crippen LogP contribution in [-0.2, 0) is 9.16 Å². The number of halogens is 1. The van der Waals surface area contributed by atoms with Crippen LogP contribution in [0, 0.1) is 0 Å². The van der Waals surface area contributed by atoms with Crippen molar-refractivity contribution in [1.29, 1.82) is 0 Å². The van der Waals surface area contributed by atoms with E-state index in [-0.39, 0.29) is 23.8 Å². The molecule has 0 spiro atoms. The molecule has 1 fully saturated rings. The van der Waals surface area contributed by atoms with Gasteiger partial charge in [0.1, 0.15) is 12.9 Å². The molecule has 1 amide bonds. The minimum Gasteiger partial charge on any atom is -0.445 e. The van der Waals surface area contributed by atoms with Crippen LogP contribution in [0.3, 0.4) is 0 Å². The van der Waals surface area contributed by atoms with Crippen LogP contribution in [0.4, 0.5) is 4.79 Å². The molecule has 1 aromatic rings. The van der Waals surface area contributed by atoms with Gasteiger partial charge in [-0.1, -0.05) is 33.4 Å². The zero-order valence-electron chi connectivity index (χ0n) is 16.8. The maximum Gasteiger partial charge on any atom is 0.410 e. The van der Waals surface area contributed by atoms with Crippen LogP contribution >= 0.6 is 11.6 Å². The molecule has 0 aliphatic carbocycles. The molecule has 6 nitrogen and oxygen atoms in total. The van der Waals surface area contributed by atoms with Gasteiger partial charge in [-0.05, 0) is 24.6 Å². The van der Waals surface area contributed by atoms with Crippen LogP contribution in [0.15, 0.2) is 31.4 Å². The smallest absolute Gasteiger partial charge is 0.410 e. The van der Waals surface area contributed by atoms with Crippen molar-refractivity contribution in [3.05, 3.63) is 36.9 Å². The molecule has 1 aliphatic rings. The zero-order valence-corrected chi connectivity index (χ0v) is 18.6. The first-order chi connectivity index (χ1) is 12.6. The average Bonchev–Trinajstić information content (AvgIpc) is 3.02. The van der Waals surface area contributed by atoms with E-state index in [4.69, 9.17) is 20.8 Å². The van der Waals surface area contributed by atoms with Crippen LogP contribution in [0.5, 0.6) is 0 Å². The maximum atomic E-state index is 12.6. The number of hydrogen-bond donors (Lipinski definition) is 0. The molecule has 1 aliphatic heterocycles. The first-order valence-corrected chi connectivity index (χ1v) is 12.5. The molecule has 1 unspecified atom stereocenters. The van der Waals surface area contributed by atoms with Gasteiger partial charge in [0.25, 0.3) is 0 Å². The lowest BCUT2D eigenvalue weighted by atomic mass is 10.1. The molecule has 27 heavy (non-hydrogen) atoms. The molecular formula is C19H30ClN3O3Si. The van der Waals surface area contributed by atoms with Gasteiger partial charge in [0.05, 0.1) is 17.5 Å². The predicted octanol–water partition coefficient (Wildman–Crippen LogP) is 4.54. The summed E-state index contributed by atoms with van der Waals surface area (Å²) in [7, 11) is -1.97. The fourth-order valence-corrected chi connectivity index (χ4v) is 4.59. The van der Waals surface area contributed by atoms with Gasteiger partial charge in [0, 0.05) is 24.5 Å². The SMILES string of the molecule is C=CCOC(=O)N1C[C@H](O[Si](C)(C)C(C)(C)C)C[C@H]1C(Cl)c1cncnc1. The largest absolute Gasteiger partial charge is 0.445 e. The van der Waals surface area contributed by atoms with Crippen molar-refractivity contribution >= 4 is 26.0 Å². The third-order valence-electron chi connectivity index (χ3n) is 5.37. The lowest BCUT2D eigenvalue weighted by Gasteiger charge is -2.38. The summed E-state index contributed by atoms with van der Waals surface area (Å²) < 4.78 is 11.8. The summed E-state index contributed by atoms with van der Waals surface area (Å²) in [5.41, 5.74) is 0.777. The van der Waals surface area contributed by atoms with Gasteiger partial charge in [0.15, 0.2) is 8.32 Å². The molecule has 0 bridgehead atoms. The summed E-state index contributed by atoms with van der Waals surface area (Å²) in [6.45, 7) is 15.3. The Balaban J connectivity index is 2.20. The number of likely N-dealkylation sites (tertiary alicyclic amines) is 1. The molecule has 0 aromatic carbocycles. The van der Waals surface area contributed by atoms with Crippen molar-refractivity contribution < 1.29 is 14.0 Å². The third-order valence-corrected chi connectivity index (χ3v) is 10.4. The molecular weight excluding hydrogens is 382 g/mol. The number of alkyl halides is 1. The van der Waals surface area contributed by atoms with Gasteiger partial charge in [0.2, 0.25) is 0 Å². The van der Waals surface area contributed by atoms with Crippen LogP contribution in [0.25, 0.3) is 0 Å². The summed E-state index contributed by atoms with van der Waals surface area (Å²) in [6.07, 6.45) is 6.55. The van der Waals surface area contributed by atoms with E-state index < -0.39 is 19.8 Å². The molecule has 1 saturated heterocycles. The monoisotopic (exact) mass is 411 g/mol. The van der Waals surface area contributed by atoms with Crippen LogP contribution in [0.1, 0.15) is 38.1 Å². The van der Waals surface area contributed by atoms with Crippen molar-refractivity contribution in [2.75, 3.05) is 13.2 Å². The predicted molar refractivity (Wildman–Crippen MR) is 109 cm³/mol. The highest BCUT2D eigenvalue weighted by atomic mass is 35.5. The number of amides is 1. The summed E-state index contributed by atoms with van der Waals surface area (Å²) in [5, 5.41) is -0.345. The molecule has 0 N–H and O–H groups in total. The summed E-state index contributed by atoms with van der Waals surface area (Å²) in [6, 6.07) is -0.246. The minimum atomic E-state index is -1.97. The quantitative estimate of drug-likeness (QED) is 0.390. The molecule has 3 atom stereocenters. The highest BCUT2D eigenvalue weighted by Crippen LogP contribution is 2.41. The Kier molecular flexibility index (Phi) is 7.05. The number of carbonyl (C=O) groups is 1. The van der Waals surface area contributed by atoms with Crippen molar-refractivity contribution in [2.24, 2.45) is 0 Å². The van der Waals surface area contributed by atoms with E-state index in [0.29, 0.717) is 13.0 Å². The number of nitrogens with zero attached hydrogens (tertiary/aromatic N) is 3. The lowest BCUT2D eigenvalue weighted by molar-refractivity contribution is 0.102. The fraction of sp³-hybridized carbons (Fsp3) is 0.632. The second kappa shape index (κ2) is 8.71. The zero-order chi connectivity index (χ0) is 20.2. The third kappa shape index (κ3) is 5.30. The first kappa shape index (κ1) is 21.9. The second-order valence-corrected chi connectivity index (χ2v) is 13.6. The Morgan fingerprint density at radius 2 is 2.07 bits per heavy atom. The van der Waals surface area contributed by atoms with Crippen LogP contribution in [-0.4, -0.2) is 54.6 Å². The van der Waals surface area contributed by atoms with Gasteiger partial charge in [-0.2, -0.15) is 0 Å². The van der Waals surface area contributed by atoms with Gasteiger partial charge in [-0.25, -0.2) is 14.8 Å². The Morgan fingerprint density at radius 3 is 2.63 bits per heavy atom. The molecule has 0 radical (unpaired) electrons. The van der Waals surface area contributed by atoms with Gasteiger partial charge in [-0.3, -0.25) is 0 Å². The van der Waals surface area contributed by atoms with E-state index in [1.54, 1.807) is 23.4 Å². The van der Waals surface area contributed by atoms with Crippen LogP contribution < -0.4 is 0 Å². The Hall–Kier alpha value is -1.44. The first-order valence-electron chi connectivity index (χ1n) is 9.18.